The van der Waals surface area contributed by atoms with E-state index in [1.54, 1.807) is 0 Å². The van der Waals surface area contributed by atoms with Crippen LogP contribution < -0.4 is 10.1 Å². The minimum absolute atomic E-state index is 0.268. The number of hydrogen-bond acceptors (Lipinski definition) is 4. The van der Waals surface area contributed by atoms with Crippen LogP contribution in [0.15, 0.2) is 146 Å². The number of ether oxygens (including phenoxy) is 1. The van der Waals surface area contributed by atoms with E-state index in [1.807, 2.05) is 109 Å². The number of aliphatic hydroxyl groups excluding tert-OH is 1. The lowest BCUT2D eigenvalue weighted by atomic mass is 9.92. The Labute approximate surface area is 271 Å². The van der Waals surface area contributed by atoms with Gasteiger partial charge >= 0.3 is 6.09 Å². The van der Waals surface area contributed by atoms with Gasteiger partial charge in [-0.1, -0.05) is 133 Å². The maximum atomic E-state index is 12.0. The van der Waals surface area contributed by atoms with Crippen molar-refractivity contribution in [1.29, 1.82) is 0 Å². The fraction of sp³-hybridized carbons (Fsp3) is 0.225. The molecule has 0 bridgehead atoms. The third-order valence-corrected chi connectivity index (χ3v) is 8.17. The van der Waals surface area contributed by atoms with E-state index >= 15 is 0 Å². The molecule has 6 nitrogen and oxygen atoms in total. The van der Waals surface area contributed by atoms with E-state index in [-0.39, 0.29) is 12.5 Å². The van der Waals surface area contributed by atoms with Gasteiger partial charge in [0.1, 0.15) is 12.4 Å². The molecule has 0 aliphatic rings. The first-order chi connectivity index (χ1) is 22.5. The Hall–Kier alpha value is -4.91. The SMILES string of the molecule is O=C(O)N[C@@H](Cc1ccccc1)C[C@H](O)[C@H](Cc1ccc(OCc2ccccc2)cc1)N(Cc1ccccc1)Cc1ccccc1. The van der Waals surface area contributed by atoms with Crippen LogP contribution in [0.3, 0.4) is 0 Å². The lowest BCUT2D eigenvalue weighted by Crippen LogP contribution is -2.48. The summed E-state index contributed by atoms with van der Waals surface area (Å²) >= 11 is 0. The summed E-state index contributed by atoms with van der Waals surface area (Å²) in [5.74, 6) is 0.781. The molecule has 5 aromatic rings. The zero-order chi connectivity index (χ0) is 32.0. The molecule has 236 valence electrons. The van der Waals surface area contributed by atoms with Crippen LogP contribution in [0.2, 0.25) is 0 Å². The van der Waals surface area contributed by atoms with Gasteiger partial charge in [0, 0.05) is 25.2 Å². The van der Waals surface area contributed by atoms with Crippen molar-refractivity contribution in [1.82, 2.24) is 10.2 Å². The molecule has 0 heterocycles. The number of benzene rings is 5. The fourth-order valence-corrected chi connectivity index (χ4v) is 5.85. The predicted octanol–water partition coefficient (Wildman–Crippen LogP) is 7.51. The van der Waals surface area contributed by atoms with E-state index < -0.39 is 18.2 Å². The Morgan fingerprint density at radius 2 is 1.07 bits per heavy atom. The highest BCUT2D eigenvalue weighted by molar-refractivity contribution is 5.64. The molecule has 0 fully saturated rings. The summed E-state index contributed by atoms with van der Waals surface area (Å²) in [5.41, 5.74) is 5.47. The molecule has 0 aliphatic heterocycles. The molecule has 0 spiro atoms. The largest absolute Gasteiger partial charge is 0.489 e. The fourth-order valence-electron chi connectivity index (χ4n) is 5.85. The number of rotatable bonds is 16. The molecule has 6 heteroatoms. The van der Waals surface area contributed by atoms with Gasteiger partial charge in [0.05, 0.1) is 6.10 Å². The lowest BCUT2D eigenvalue weighted by Gasteiger charge is -2.37. The van der Waals surface area contributed by atoms with Crippen LogP contribution in [0.25, 0.3) is 0 Å². The maximum absolute atomic E-state index is 12.0. The number of nitrogens with zero attached hydrogens (tertiary/aromatic N) is 1. The van der Waals surface area contributed by atoms with Gasteiger partial charge in [-0.2, -0.15) is 0 Å². The van der Waals surface area contributed by atoms with Crippen molar-refractivity contribution in [3.8, 4) is 5.75 Å². The van der Waals surface area contributed by atoms with Gasteiger partial charge in [-0.3, -0.25) is 4.90 Å². The second-order valence-corrected chi connectivity index (χ2v) is 11.7. The predicted molar refractivity (Wildman–Crippen MR) is 183 cm³/mol. The molecule has 46 heavy (non-hydrogen) atoms. The molecule has 0 aromatic heterocycles. The van der Waals surface area contributed by atoms with Crippen LogP contribution in [-0.2, 0) is 32.5 Å². The Kier molecular flexibility index (Phi) is 12.0. The van der Waals surface area contributed by atoms with E-state index in [2.05, 4.69) is 46.6 Å². The van der Waals surface area contributed by atoms with Crippen LogP contribution in [-0.4, -0.2) is 39.4 Å². The standard InChI is InChI=1S/C40H42N2O4/c43-39(27-36(41-40(44)45)25-31-13-5-1-6-14-31)38(26-32-21-23-37(24-22-32)46-30-35-19-11-4-12-20-35)42(28-33-15-7-2-8-16-33)29-34-17-9-3-10-18-34/h1-24,36,38-39,41,43H,25-30H2,(H,44,45)/t36-,38-,39-/m0/s1. The van der Waals surface area contributed by atoms with E-state index in [0.717, 1.165) is 33.6 Å². The molecule has 0 saturated heterocycles. The van der Waals surface area contributed by atoms with E-state index in [0.29, 0.717) is 32.5 Å². The smallest absolute Gasteiger partial charge is 0.404 e. The maximum Gasteiger partial charge on any atom is 0.404 e. The monoisotopic (exact) mass is 614 g/mol. The molecule has 3 atom stereocenters. The van der Waals surface area contributed by atoms with Crippen LogP contribution in [0.5, 0.6) is 5.75 Å². The number of aliphatic hydroxyl groups is 1. The van der Waals surface area contributed by atoms with Crippen molar-refractivity contribution in [2.45, 2.75) is 57.1 Å². The average molecular weight is 615 g/mol. The minimum atomic E-state index is -1.10. The number of nitrogens with one attached hydrogen (secondary N) is 1. The van der Waals surface area contributed by atoms with E-state index in [1.165, 1.54) is 0 Å². The molecule has 1 amide bonds. The molecule has 0 aliphatic carbocycles. The van der Waals surface area contributed by atoms with Crippen LogP contribution in [0.4, 0.5) is 4.79 Å². The van der Waals surface area contributed by atoms with Gasteiger partial charge in [-0.25, -0.2) is 4.79 Å². The van der Waals surface area contributed by atoms with Crippen molar-refractivity contribution >= 4 is 6.09 Å². The third kappa shape index (κ3) is 10.3. The second-order valence-electron chi connectivity index (χ2n) is 11.7. The molecule has 0 radical (unpaired) electrons. The summed E-state index contributed by atoms with van der Waals surface area (Å²) in [4.78, 5) is 14.1. The highest BCUT2D eigenvalue weighted by Crippen LogP contribution is 2.24. The van der Waals surface area contributed by atoms with Crippen LogP contribution in [0, 0.1) is 0 Å². The lowest BCUT2D eigenvalue weighted by molar-refractivity contribution is 0.0280. The molecule has 3 N–H and O–H groups in total. The van der Waals surface area contributed by atoms with Crippen molar-refractivity contribution in [2.24, 2.45) is 0 Å². The summed E-state index contributed by atoms with van der Waals surface area (Å²) in [7, 11) is 0. The van der Waals surface area contributed by atoms with Crippen LogP contribution in [0.1, 0.15) is 34.2 Å². The summed E-state index contributed by atoms with van der Waals surface area (Å²) in [6, 6.07) is 47.7. The molecular weight excluding hydrogens is 572 g/mol. The minimum Gasteiger partial charge on any atom is -0.489 e. The molecular formula is C40H42N2O4. The van der Waals surface area contributed by atoms with Gasteiger partial charge in [-0.05, 0) is 59.2 Å². The summed E-state index contributed by atoms with van der Waals surface area (Å²) in [5, 5.41) is 24.4. The van der Waals surface area contributed by atoms with Crippen molar-refractivity contribution in [2.75, 3.05) is 0 Å². The summed E-state index contributed by atoms with van der Waals surface area (Å²) in [6.07, 6.45) is -0.583. The molecule has 5 aromatic carbocycles. The quantitative estimate of drug-likeness (QED) is 0.107. The van der Waals surface area contributed by atoms with Gasteiger partial charge < -0.3 is 20.3 Å². The van der Waals surface area contributed by atoms with Gasteiger partial charge in [0.15, 0.2) is 0 Å². The number of hydrogen-bond donors (Lipinski definition) is 3. The third-order valence-electron chi connectivity index (χ3n) is 8.17. The topological polar surface area (TPSA) is 82.0 Å². The van der Waals surface area contributed by atoms with E-state index in [9.17, 15) is 15.0 Å². The molecule has 5 rings (SSSR count). The Morgan fingerprint density at radius 3 is 1.57 bits per heavy atom. The second kappa shape index (κ2) is 17.0. The van der Waals surface area contributed by atoms with Crippen molar-refractivity contribution in [3.63, 3.8) is 0 Å². The first-order valence-corrected chi connectivity index (χ1v) is 15.8. The van der Waals surface area contributed by atoms with Crippen molar-refractivity contribution < 1.29 is 19.7 Å². The summed E-state index contributed by atoms with van der Waals surface area (Å²) < 4.78 is 6.03. The number of carboxylic acid groups (broad SMARTS) is 1. The molecule has 0 unspecified atom stereocenters. The summed E-state index contributed by atoms with van der Waals surface area (Å²) in [6.45, 7) is 1.75. The van der Waals surface area contributed by atoms with Crippen LogP contribution >= 0.6 is 0 Å². The highest BCUT2D eigenvalue weighted by atomic mass is 16.5. The average Bonchev–Trinajstić information content (AvgIpc) is 3.08. The first-order valence-electron chi connectivity index (χ1n) is 15.8. The van der Waals surface area contributed by atoms with E-state index in [4.69, 9.17) is 4.74 Å². The number of amides is 1. The number of carbonyl (C=O) groups is 1. The zero-order valence-electron chi connectivity index (χ0n) is 26.0. The normalized spacial score (nSPS) is 13.1. The highest BCUT2D eigenvalue weighted by Gasteiger charge is 2.30. The van der Waals surface area contributed by atoms with Crippen molar-refractivity contribution in [3.05, 3.63) is 173 Å². The Balaban J connectivity index is 1.40. The van der Waals surface area contributed by atoms with Gasteiger partial charge in [-0.15, -0.1) is 0 Å². The first kappa shape index (κ1) is 32.5. The zero-order valence-corrected chi connectivity index (χ0v) is 26.0. The Bertz CT molecular complexity index is 1540. The van der Waals surface area contributed by atoms with Gasteiger partial charge in [0.2, 0.25) is 0 Å². The molecule has 0 saturated carbocycles. The Morgan fingerprint density at radius 1 is 0.609 bits per heavy atom. The van der Waals surface area contributed by atoms with Gasteiger partial charge in [0.25, 0.3) is 0 Å².